The van der Waals surface area contributed by atoms with Crippen molar-refractivity contribution in [2.45, 2.75) is 56.4 Å². The normalized spacial score (nSPS) is 15.0. The van der Waals surface area contributed by atoms with Gasteiger partial charge in [-0.05, 0) is 24.8 Å². The minimum Gasteiger partial charge on any atom is -0.338 e. The van der Waals surface area contributed by atoms with Crippen LogP contribution in [0.1, 0.15) is 49.4 Å². The summed E-state index contributed by atoms with van der Waals surface area (Å²) in [6.45, 7) is 2.04. The van der Waals surface area contributed by atoms with Gasteiger partial charge in [0, 0.05) is 12.0 Å². The Labute approximate surface area is 157 Å². The highest BCUT2D eigenvalue weighted by Gasteiger charge is 2.16. The standard InChI is InChI=1S/C19H23N5OS/c1-13-6-2-5-9-15(13)18-21-17(25-24-18)12-26-19-20-16(22-23-19)11-10-14-7-3-4-8-14/h2,5-6,9,14H,3-4,7-8,10-12H2,1H3,(H,20,22,23). The van der Waals surface area contributed by atoms with Crippen LogP contribution in [0.15, 0.2) is 33.9 Å². The maximum absolute atomic E-state index is 5.37. The molecule has 0 aliphatic heterocycles. The van der Waals surface area contributed by atoms with Gasteiger partial charge in [-0.15, -0.1) is 5.10 Å². The van der Waals surface area contributed by atoms with Crippen molar-refractivity contribution in [1.82, 2.24) is 25.3 Å². The van der Waals surface area contributed by atoms with Crippen molar-refractivity contribution >= 4 is 11.8 Å². The van der Waals surface area contributed by atoms with Gasteiger partial charge >= 0.3 is 0 Å². The van der Waals surface area contributed by atoms with Crippen molar-refractivity contribution in [2.24, 2.45) is 5.92 Å². The third kappa shape index (κ3) is 4.15. The largest absolute Gasteiger partial charge is 0.338 e. The first-order chi connectivity index (χ1) is 12.8. The fourth-order valence-electron chi connectivity index (χ4n) is 3.47. The number of hydrogen-bond acceptors (Lipinski definition) is 6. The Bertz CT molecular complexity index is 853. The van der Waals surface area contributed by atoms with Crippen LogP contribution in [-0.4, -0.2) is 25.3 Å². The molecule has 0 bridgehead atoms. The van der Waals surface area contributed by atoms with Gasteiger partial charge < -0.3 is 4.52 Å². The molecule has 7 heteroatoms. The lowest BCUT2D eigenvalue weighted by atomic mass is 10.0. The Kier molecular flexibility index (Phi) is 5.34. The van der Waals surface area contributed by atoms with Crippen LogP contribution in [0, 0.1) is 12.8 Å². The van der Waals surface area contributed by atoms with Gasteiger partial charge in [0.1, 0.15) is 5.82 Å². The summed E-state index contributed by atoms with van der Waals surface area (Å²) in [5.41, 5.74) is 2.13. The molecule has 26 heavy (non-hydrogen) atoms. The molecule has 6 nitrogen and oxygen atoms in total. The highest BCUT2D eigenvalue weighted by atomic mass is 32.2. The number of nitrogens with zero attached hydrogens (tertiary/aromatic N) is 4. The Hall–Kier alpha value is -2.15. The molecule has 1 fully saturated rings. The van der Waals surface area contributed by atoms with Gasteiger partial charge in [-0.3, -0.25) is 5.10 Å². The number of hydrogen-bond donors (Lipinski definition) is 1. The van der Waals surface area contributed by atoms with Crippen molar-refractivity contribution in [3.05, 3.63) is 41.5 Å². The predicted octanol–water partition coefficient (Wildman–Crippen LogP) is 4.58. The van der Waals surface area contributed by atoms with Gasteiger partial charge in [-0.2, -0.15) is 4.98 Å². The minimum absolute atomic E-state index is 0.568. The van der Waals surface area contributed by atoms with E-state index in [0.29, 0.717) is 17.5 Å². The van der Waals surface area contributed by atoms with Gasteiger partial charge in [0.2, 0.25) is 16.9 Å². The molecule has 4 rings (SSSR count). The summed E-state index contributed by atoms with van der Waals surface area (Å²) in [6.07, 6.45) is 7.71. The summed E-state index contributed by atoms with van der Waals surface area (Å²) in [4.78, 5) is 9.06. The van der Waals surface area contributed by atoms with Gasteiger partial charge in [-0.1, -0.05) is 66.9 Å². The maximum atomic E-state index is 5.37. The zero-order chi connectivity index (χ0) is 17.8. The Morgan fingerprint density at radius 2 is 2.04 bits per heavy atom. The summed E-state index contributed by atoms with van der Waals surface area (Å²) in [7, 11) is 0. The summed E-state index contributed by atoms with van der Waals surface area (Å²) in [6, 6.07) is 8.03. The van der Waals surface area contributed by atoms with Gasteiger partial charge in [0.05, 0.1) is 5.75 Å². The number of thioether (sulfide) groups is 1. The number of H-pyrrole nitrogens is 1. The van der Waals surface area contributed by atoms with E-state index in [1.54, 1.807) is 0 Å². The van der Waals surface area contributed by atoms with Gasteiger partial charge in [0.25, 0.3) is 0 Å². The zero-order valence-electron chi connectivity index (χ0n) is 14.9. The van der Waals surface area contributed by atoms with E-state index in [9.17, 15) is 0 Å². The first kappa shape index (κ1) is 17.3. The van der Waals surface area contributed by atoms with E-state index in [-0.39, 0.29) is 0 Å². The number of rotatable bonds is 7. The van der Waals surface area contributed by atoms with Crippen LogP contribution in [-0.2, 0) is 12.2 Å². The first-order valence-electron chi connectivity index (χ1n) is 9.20. The Morgan fingerprint density at radius 3 is 2.88 bits per heavy atom. The van der Waals surface area contributed by atoms with Crippen molar-refractivity contribution in [2.75, 3.05) is 0 Å². The number of nitrogens with one attached hydrogen (secondary N) is 1. The number of aromatic nitrogens is 5. The summed E-state index contributed by atoms with van der Waals surface area (Å²) in [5.74, 6) is 3.63. The summed E-state index contributed by atoms with van der Waals surface area (Å²) < 4.78 is 5.37. The molecule has 0 unspecified atom stereocenters. The van der Waals surface area contributed by atoms with E-state index in [0.717, 1.165) is 34.4 Å². The SMILES string of the molecule is Cc1ccccc1-c1noc(CSc2n[nH]c(CCC3CCCC3)n2)n1. The molecule has 2 aromatic heterocycles. The first-order valence-corrected chi connectivity index (χ1v) is 10.2. The van der Waals surface area contributed by atoms with E-state index in [2.05, 4.69) is 25.3 Å². The van der Waals surface area contributed by atoms with E-state index >= 15 is 0 Å². The van der Waals surface area contributed by atoms with Crippen LogP contribution in [0.3, 0.4) is 0 Å². The fraction of sp³-hybridized carbons (Fsp3) is 0.474. The van der Waals surface area contributed by atoms with Crippen LogP contribution in [0.5, 0.6) is 0 Å². The summed E-state index contributed by atoms with van der Waals surface area (Å²) in [5, 5.41) is 12.2. The van der Waals surface area contributed by atoms with Crippen molar-refractivity contribution in [1.29, 1.82) is 0 Å². The average molecular weight is 369 g/mol. The average Bonchev–Trinajstić information content (AvgIpc) is 3.40. The molecule has 1 saturated carbocycles. The second kappa shape index (κ2) is 8.03. The second-order valence-electron chi connectivity index (χ2n) is 6.87. The molecule has 136 valence electrons. The molecule has 1 aliphatic rings. The molecule has 1 aromatic carbocycles. The molecular weight excluding hydrogens is 346 g/mol. The quantitative estimate of drug-likeness (QED) is 0.614. The van der Waals surface area contributed by atoms with Crippen molar-refractivity contribution in [3.63, 3.8) is 0 Å². The molecule has 0 saturated heterocycles. The monoisotopic (exact) mass is 369 g/mol. The number of aryl methyl sites for hydroxylation is 2. The van der Waals surface area contributed by atoms with E-state index in [1.807, 2.05) is 31.2 Å². The van der Waals surface area contributed by atoms with E-state index in [1.165, 1.54) is 43.9 Å². The van der Waals surface area contributed by atoms with Crippen molar-refractivity contribution < 1.29 is 4.52 Å². The lowest BCUT2D eigenvalue weighted by molar-refractivity contribution is 0.391. The van der Waals surface area contributed by atoms with Crippen LogP contribution >= 0.6 is 11.8 Å². The molecule has 0 amide bonds. The smallest absolute Gasteiger partial charge is 0.237 e. The van der Waals surface area contributed by atoms with Crippen LogP contribution < -0.4 is 0 Å². The van der Waals surface area contributed by atoms with Gasteiger partial charge in [0.15, 0.2) is 0 Å². The third-order valence-corrected chi connectivity index (χ3v) is 5.79. The molecule has 0 spiro atoms. The molecule has 2 heterocycles. The Balaban J connectivity index is 1.31. The lowest BCUT2D eigenvalue weighted by Gasteiger charge is -2.05. The van der Waals surface area contributed by atoms with Crippen LogP contribution in [0.4, 0.5) is 0 Å². The maximum Gasteiger partial charge on any atom is 0.237 e. The second-order valence-corrected chi connectivity index (χ2v) is 7.81. The third-order valence-electron chi connectivity index (χ3n) is 4.95. The zero-order valence-corrected chi connectivity index (χ0v) is 15.8. The highest BCUT2D eigenvalue weighted by molar-refractivity contribution is 7.98. The van der Waals surface area contributed by atoms with Gasteiger partial charge in [-0.25, -0.2) is 4.98 Å². The predicted molar refractivity (Wildman–Crippen MR) is 101 cm³/mol. The topological polar surface area (TPSA) is 80.5 Å². The van der Waals surface area contributed by atoms with E-state index in [4.69, 9.17) is 4.52 Å². The van der Waals surface area contributed by atoms with Crippen LogP contribution in [0.2, 0.25) is 0 Å². The molecule has 1 aliphatic carbocycles. The van der Waals surface area contributed by atoms with Crippen molar-refractivity contribution in [3.8, 4) is 11.4 Å². The molecule has 1 N–H and O–H groups in total. The minimum atomic E-state index is 0.568. The molecule has 0 atom stereocenters. The van der Waals surface area contributed by atoms with Crippen LogP contribution in [0.25, 0.3) is 11.4 Å². The lowest BCUT2D eigenvalue weighted by Crippen LogP contribution is -1.97. The molecular formula is C19H23N5OS. The van der Waals surface area contributed by atoms with E-state index < -0.39 is 0 Å². The highest BCUT2D eigenvalue weighted by Crippen LogP contribution is 2.28. The fourth-order valence-corrected chi connectivity index (χ4v) is 4.12. The number of benzene rings is 1. The Morgan fingerprint density at radius 1 is 1.19 bits per heavy atom. The molecule has 0 radical (unpaired) electrons. The summed E-state index contributed by atoms with van der Waals surface area (Å²) >= 11 is 1.52. The number of aromatic amines is 1. The molecule has 3 aromatic rings.